The monoisotopic (exact) mass is 778 g/mol. The zero-order chi connectivity index (χ0) is 40.3. The van der Waals surface area contributed by atoms with Gasteiger partial charge in [0, 0.05) is 35.4 Å². The Balaban J connectivity index is 0.934. The van der Waals surface area contributed by atoms with E-state index >= 15 is 0 Å². The lowest BCUT2D eigenvalue weighted by Crippen LogP contribution is -2.48. The molecular weight excluding hydrogens is 733 g/mol. The molecule has 0 radical (unpaired) electrons. The highest BCUT2D eigenvalue weighted by Gasteiger charge is 2.39. The van der Waals surface area contributed by atoms with Gasteiger partial charge >= 0.3 is 6.09 Å². The molecule has 0 saturated carbocycles. The molecule has 13 nitrogen and oxygen atoms in total. The summed E-state index contributed by atoms with van der Waals surface area (Å²) in [6, 6.07) is 32.0. The van der Waals surface area contributed by atoms with E-state index in [-0.39, 0.29) is 23.9 Å². The molecule has 5 N–H and O–H groups in total. The summed E-state index contributed by atoms with van der Waals surface area (Å²) >= 11 is 0. The van der Waals surface area contributed by atoms with Crippen LogP contribution >= 0.6 is 0 Å². The Labute approximate surface area is 336 Å². The molecule has 6 aromatic rings. The van der Waals surface area contributed by atoms with Gasteiger partial charge in [0.15, 0.2) is 0 Å². The van der Waals surface area contributed by atoms with Gasteiger partial charge in [0.25, 0.3) is 5.91 Å². The lowest BCUT2D eigenvalue weighted by atomic mass is 10.0. The second-order valence-electron chi connectivity index (χ2n) is 15.2. The molecule has 13 heteroatoms. The summed E-state index contributed by atoms with van der Waals surface area (Å²) < 4.78 is 0. The van der Waals surface area contributed by atoms with Crippen LogP contribution in [0.5, 0.6) is 0 Å². The number of nitrogens with one attached hydrogen (secondary N) is 4. The van der Waals surface area contributed by atoms with Gasteiger partial charge in [0.2, 0.25) is 11.8 Å². The first-order chi connectivity index (χ1) is 28.1. The number of amides is 4. The molecule has 8 rings (SSSR count). The Morgan fingerprint density at radius 1 is 0.759 bits per heavy atom. The molecule has 0 spiro atoms. The minimum Gasteiger partial charge on any atom is -0.465 e. The van der Waals surface area contributed by atoms with Gasteiger partial charge in [-0.2, -0.15) is 0 Å². The summed E-state index contributed by atoms with van der Waals surface area (Å²) in [5, 5.41) is 15.7. The zero-order valence-corrected chi connectivity index (χ0v) is 32.4. The van der Waals surface area contributed by atoms with E-state index in [0.717, 1.165) is 57.6 Å². The quantitative estimate of drug-likeness (QED) is 0.0933. The molecule has 296 valence electrons. The summed E-state index contributed by atoms with van der Waals surface area (Å²) in [6.45, 7) is 1.04. The number of carboxylic acid groups (broad SMARTS) is 1. The van der Waals surface area contributed by atoms with E-state index in [1.807, 2.05) is 109 Å². The predicted octanol–water partition coefficient (Wildman–Crippen LogP) is 7.13. The van der Waals surface area contributed by atoms with Gasteiger partial charge in [0.1, 0.15) is 23.9 Å². The molecule has 2 aliphatic rings. The Morgan fingerprint density at radius 3 is 2.10 bits per heavy atom. The van der Waals surface area contributed by atoms with Crippen molar-refractivity contribution < 1.29 is 24.3 Å². The third-order valence-corrected chi connectivity index (χ3v) is 11.2. The molecule has 0 bridgehead atoms. The van der Waals surface area contributed by atoms with Crippen molar-refractivity contribution in [3.8, 4) is 22.5 Å². The molecule has 2 aromatic heterocycles. The summed E-state index contributed by atoms with van der Waals surface area (Å²) in [6.07, 6.45) is 3.38. The smallest absolute Gasteiger partial charge is 0.405 e. The summed E-state index contributed by atoms with van der Waals surface area (Å²) in [4.78, 5) is 69.8. The molecular formula is C45H46N8O5. The molecule has 2 unspecified atom stereocenters. The van der Waals surface area contributed by atoms with E-state index in [9.17, 15) is 24.3 Å². The number of likely N-dealkylation sites (tertiary alicyclic amines) is 2. The van der Waals surface area contributed by atoms with E-state index in [1.54, 1.807) is 30.3 Å². The average molecular weight is 779 g/mol. The highest BCUT2D eigenvalue weighted by molar-refractivity contribution is 6.00. The second kappa shape index (κ2) is 16.4. The maximum absolute atomic E-state index is 13.9. The Morgan fingerprint density at radius 2 is 1.41 bits per heavy atom. The van der Waals surface area contributed by atoms with E-state index in [1.165, 1.54) is 4.90 Å². The molecule has 2 fully saturated rings. The van der Waals surface area contributed by atoms with Crippen LogP contribution in [0.15, 0.2) is 115 Å². The number of rotatable bonds is 11. The minimum atomic E-state index is -1.32. The van der Waals surface area contributed by atoms with Crippen molar-refractivity contribution in [3.63, 3.8) is 0 Å². The van der Waals surface area contributed by atoms with Crippen LogP contribution in [0, 0.1) is 0 Å². The molecule has 4 atom stereocenters. The fourth-order valence-electron chi connectivity index (χ4n) is 8.37. The van der Waals surface area contributed by atoms with E-state index in [4.69, 9.17) is 4.98 Å². The lowest BCUT2D eigenvalue weighted by Gasteiger charge is -2.31. The summed E-state index contributed by atoms with van der Waals surface area (Å²) in [5.74, 6) is 0.0807. The molecule has 4 heterocycles. The fourth-order valence-corrected chi connectivity index (χ4v) is 8.37. The van der Waals surface area contributed by atoms with Crippen molar-refractivity contribution in [1.29, 1.82) is 0 Å². The number of H-pyrrole nitrogens is 2. The van der Waals surface area contributed by atoms with Crippen molar-refractivity contribution in [3.05, 3.63) is 132 Å². The van der Waals surface area contributed by atoms with Crippen molar-refractivity contribution >= 4 is 40.4 Å². The van der Waals surface area contributed by atoms with Crippen LogP contribution in [-0.4, -0.2) is 91.8 Å². The molecule has 4 aromatic carbocycles. The number of hydrogen-bond donors (Lipinski definition) is 5. The first-order valence-electron chi connectivity index (χ1n) is 19.6. The number of aromatic amines is 2. The normalized spacial score (nSPS) is 17.7. The first kappa shape index (κ1) is 38.2. The number of nitrogens with zero attached hydrogens (tertiary/aromatic N) is 4. The topological polar surface area (TPSA) is 167 Å². The third-order valence-electron chi connectivity index (χ3n) is 11.2. The number of hydrogen-bond acceptors (Lipinski definition) is 6. The second-order valence-corrected chi connectivity index (χ2v) is 15.2. The van der Waals surface area contributed by atoms with Crippen LogP contribution < -0.4 is 10.6 Å². The first-order valence-corrected chi connectivity index (χ1v) is 19.6. The molecule has 4 amide bonds. The molecule has 2 aliphatic heterocycles. The van der Waals surface area contributed by atoms with Gasteiger partial charge in [-0.3, -0.25) is 19.3 Å². The van der Waals surface area contributed by atoms with Gasteiger partial charge in [-0.05, 0) is 86.3 Å². The number of anilines is 1. The number of benzene rings is 4. The number of imidazole rings is 1. The van der Waals surface area contributed by atoms with Crippen molar-refractivity contribution in [2.75, 3.05) is 32.5 Å². The van der Waals surface area contributed by atoms with E-state index in [2.05, 4.69) is 20.6 Å². The van der Waals surface area contributed by atoms with Crippen LogP contribution in [0.25, 0.3) is 33.4 Å². The highest BCUT2D eigenvalue weighted by atomic mass is 16.4. The Bertz CT molecular complexity index is 2430. The summed E-state index contributed by atoms with van der Waals surface area (Å²) in [7, 11) is 3.88. The van der Waals surface area contributed by atoms with Gasteiger partial charge in [-0.1, -0.05) is 84.9 Å². The summed E-state index contributed by atoms with van der Waals surface area (Å²) in [5.41, 5.74) is 6.72. The Kier molecular flexibility index (Phi) is 10.8. The maximum atomic E-state index is 13.9. The highest BCUT2D eigenvalue weighted by Crippen LogP contribution is 2.36. The fraction of sp³-hybridized carbons (Fsp3) is 0.267. The number of carbonyl (C=O) groups is 4. The van der Waals surface area contributed by atoms with Crippen molar-refractivity contribution in [2.24, 2.45) is 0 Å². The number of aromatic nitrogens is 3. The predicted molar refractivity (Wildman–Crippen MR) is 222 cm³/mol. The van der Waals surface area contributed by atoms with Gasteiger partial charge in [-0.15, -0.1) is 0 Å². The standard InChI is InChI=1S/C45H46N8O5/c1-51(2)40(31-13-7-4-8-14-31)44(56)52-23-9-15-37(52)41-46-27-36(49-41)29-19-17-28(18-20-29)35-26-32-25-33(21-22-34(32)48-35)47-42(54)38-16-10-24-53(38)43(55)39(50-45(57)58)30-11-5-3-6-12-30/h3-8,11-14,17-22,25-27,37-40,48,50H,9-10,15-16,23-24H2,1-2H3,(H,46,49)(H,47,54)(H,57,58)/t37?,38-,39+,40?/m0/s1. The number of fused-ring (bicyclic) bond motifs is 1. The average Bonchev–Trinajstić information content (AvgIpc) is 4.07. The van der Waals surface area contributed by atoms with Crippen LogP contribution in [0.3, 0.4) is 0 Å². The van der Waals surface area contributed by atoms with Gasteiger partial charge < -0.3 is 35.5 Å². The molecule has 2 saturated heterocycles. The van der Waals surface area contributed by atoms with Crippen LogP contribution in [-0.2, 0) is 14.4 Å². The van der Waals surface area contributed by atoms with E-state index < -0.39 is 24.1 Å². The van der Waals surface area contributed by atoms with Crippen LogP contribution in [0.1, 0.15) is 60.8 Å². The Hall–Kier alpha value is -6.73. The maximum Gasteiger partial charge on any atom is 0.405 e. The number of carbonyl (C=O) groups excluding carboxylic acids is 3. The lowest BCUT2D eigenvalue weighted by molar-refractivity contribution is -0.138. The van der Waals surface area contributed by atoms with Crippen LogP contribution in [0.2, 0.25) is 0 Å². The molecule has 58 heavy (non-hydrogen) atoms. The number of likely N-dealkylation sites (N-methyl/N-ethyl adjacent to an activating group) is 1. The minimum absolute atomic E-state index is 0.0748. The van der Waals surface area contributed by atoms with Gasteiger partial charge in [0.05, 0.1) is 17.9 Å². The zero-order valence-electron chi connectivity index (χ0n) is 32.4. The van der Waals surface area contributed by atoms with Crippen LogP contribution in [0.4, 0.5) is 10.5 Å². The van der Waals surface area contributed by atoms with E-state index in [0.29, 0.717) is 37.2 Å². The SMILES string of the molecule is CN(C)C(C(=O)N1CCCC1c1ncc(-c2ccc(-c3cc4cc(NC(=O)[C@@H]5CCCN5C(=O)[C@H](NC(=O)O)c5ccccc5)ccc4[nH]3)cc2)[nH]1)c1ccccc1. The third kappa shape index (κ3) is 7.81. The van der Waals surface area contributed by atoms with Crippen molar-refractivity contribution in [2.45, 2.75) is 49.9 Å². The largest absolute Gasteiger partial charge is 0.465 e. The molecule has 0 aliphatic carbocycles. The van der Waals surface area contributed by atoms with Crippen molar-refractivity contribution in [1.82, 2.24) is 35.0 Å². The van der Waals surface area contributed by atoms with Gasteiger partial charge in [-0.25, -0.2) is 9.78 Å².